The second-order valence-electron chi connectivity index (χ2n) is 6.11. The predicted octanol–water partition coefficient (Wildman–Crippen LogP) is 5.68. The van der Waals surface area contributed by atoms with Crippen LogP contribution < -0.4 is 4.74 Å². The Morgan fingerprint density at radius 3 is 2.29 bits per heavy atom. The van der Waals surface area contributed by atoms with E-state index in [1.807, 2.05) is 24.3 Å². The molecule has 1 N–H and O–H groups in total. The third-order valence-electron chi connectivity index (χ3n) is 4.49. The number of hydrogen-bond donors (Lipinski definition) is 1. The Balaban J connectivity index is 2.08. The number of phenols is 1. The maximum Gasteiger partial charge on any atom is 0.118 e. The molecular formula is C22H18O2. The largest absolute Gasteiger partial charge is 0.508 e. The Bertz CT molecular complexity index is 1050. The van der Waals surface area contributed by atoms with E-state index in [1.54, 1.807) is 13.2 Å². The van der Waals surface area contributed by atoms with E-state index in [1.165, 1.54) is 16.3 Å². The van der Waals surface area contributed by atoms with Gasteiger partial charge >= 0.3 is 0 Å². The van der Waals surface area contributed by atoms with Crippen LogP contribution in [0.2, 0.25) is 0 Å². The van der Waals surface area contributed by atoms with Crippen molar-refractivity contribution in [2.24, 2.45) is 0 Å². The molecule has 0 aliphatic rings. The molecule has 4 rings (SSSR count). The van der Waals surface area contributed by atoms with Crippen LogP contribution in [0.4, 0.5) is 0 Å². The molecule has 4 aromatic carbocycles. The summed E-state index contributed by atoms with van der Waals surface area (Å²) in [6.07, 6.45) is 0. The third-order valence-corrected chi connectivity index (χ3v) is 4.49. The highest BCUT2D eigenvalue weighted by molar-refractivity contribution is 6.14. The van der Waals surface area contributed by atoms with Gasteiger partial charge in [-0.05, 0) is 69.9 Å². The maximum atomic E-state index is 9.99. The zero-order chi connectivity index (χ0) is 16.7. The lowest BCUT2D eigenvalue weighted by molar-refractivity contribution is 0.415. The number of aryl methyl sites for hydroxylation is 1. The van der Waals surface area contributed by atoms with E-state index >= 15 is 0 Å². The molecule has 0 atom stereocenters. The predicted molar refractivity (Wildman–Crippen MR) is 99.8 cm³/mol. The smallest absolute Gasteiger partial charge is 0.118 e. The van der Waals surface area contributed by atoms with E-state index in [0.717, 1.165) is 27.6 Å². The molecule has 0 bridgehead atoms. The number of aromatic hydroxyl groups is 1. The quantitative estimate of drug-likeness (QED) is 0.482. The number of methoxy groups -OCH3 is 1. The second-order valence-corrected chi connectivity index (χ2v) is 6.11. The first-order valence-corrected chi connectivity index (χ1v) is 7.96. The van der Waals surface area contributed by atoms with Gasteiger partial charge in [-0.15, -0.1) is 0 Å². The summed E-state index contributed by atoms with van der Waals surface area (Å²) in [5.41, 5.74) is 3.45. The van der Waals surface area contributed by atoms with Crippen molar-refractivity contribution in [3.05, 3.63) is 72.3 Å². The lowest BCUT2D eigenvalue weighted by Crippen LogP contribution is -1.87. The van der Waals surface area contributed by atoms with Gasteiger partial charge in [0, 0.05) is 0 Å². The van der Waals surface area contributed by atoms with E-state index < -0.39 is 0 Å². The number of fused-ring (bicyclic) bond motifs is 3. The molecule has 2 nitrogen and oxygen atoms in total. The zero-order valence-corrected chi connectivity index (χ0v) is 13.7. The van der Waals surface area contributed by atoms with Gasteiger partial charge in [0.2, 0.25) is 0 Å². The number of hydrogen-bond acceptors (Lipinski definition) is 2. The van der Waals surface area contributed by atoms with Crippen molar-refractivity contribution in [3.8, 4) is 22.6 Å². The molecule has 4 aromatic rings. The van der Waals surface area contributed by atoms with E-state index in [0.29, 0.717) is 0 Å². The van der Waals surface area contributed by atoms with Gasteiger partial charge in [-0.2, -0.15) is 0 Å². The van der Waals surface area contributed by atoms with Crippen LogP contribution in [0, 0.1) is 6.92 Å². The first kappa shape index (κ1) is 14.6. The molecular weight excluding hydrogens is 296 g/mol. The first-order chi connectivity index (χ1) is 11.7. The molecule has 0 saturated carbocycles. The van der Waals surface area contributed by atoms with Crippen molar-refractivity contribution in [3.63, 3.8) is 0 Å². The summed E-state index contributed by atoms with van der Waals surface area (Å²) in [7, 11) is 1.67. The molecule has 24 heavy (non-hydrogen) atoms. The van der Waals surface area contributed by atoms with Crippen LogP contribution >= 0.6 is 0 Å². The van der Waals surface area contributed by atoms with E-state index in [2.05, 4.69) is 43.3 Å². The Labute approximate surface area is 140 Å². The molecule has 0 heterocycles. The minimum atomic E-state index is 0.282. The topological polar surface area (TPSA) is 29.5 Å². The second kappa shape index (κ2) is 5.57. The third kappa shape index (κ3) is 2.37. The summed E-state index contributed by atoms with van der Waals surface area (Å²) >= 11 is 0. The zero-order valence-electron chi connectivity index (χ0n) is 13.7. The normalized spacial score (nSPS) is 11.1. The van der Waals surface area contributed by atoms with E-state index in [4.69, 9.17) is 4.74 Å². The van der Waals surface area contributed by atoms with Crippen molar-refractivity contribution >= 4 is 21.5 Å². The van der Waals surface area contributed by atoms with Crippen LogP contribution in [-0.4, -0.2) is 12.2 Å². The molecule has 0 fully saturated rings. The highest BCUT2D eigenvalue weighted by atomic mass is 16.5. The summed E-state index contributed by atoms with van der Waals surface area (Å²) in [6, 6.07) is 22.3. The van der Waals surface area contributed by atoms with Crippen molar-refractivity contribution in [2.75, 3.05) is 7.11 Å². The number of ether oxygens (including phenoxy) is 1. The minimum Gasteiger partial charge on any atom is -0.508 e. The van der Waals surface area contributed by atoms with Crippen LogP contribution in [0.5, 0.6) is 11.5 Å². The Morgan fingerprint density at radius 1 is 0.750 bits per heavy atom. The highest BCUT2D eigenvalue weighted by Crippen LogP contribution is 2.37. The number of phenolic OH excluding ortho intramolecular Hbond substituents is 1. The molecule has 0 unspecified atom stereocenters. The average Bonchev–Trinajstić information content (AvgIpc) is 2.61. The lowest BCUT2D eigenvalue weighted by Gasteiger charge is -2.12. The lowest BCUT2D eigenvalue weighted by atomic mass is 9.92. The SMILES string of the molecule is COc1ccc(-c2cc3ccc(C)cc3c3ccc(O)cc23)cc1. The Morgan fingerprint density at radius 2 is 1.54 bits per heavy atom. The fraction of sp³-hybridized carbons (Fsp3) is 0.0909. The summed E-state index contributed by atoms with van der Waals surface area (Å²) in [5, 5.41) is 14.6. The molecule has 0 radical (unpaired) electrons. The van der Waals surface area contributed by atoms with Crippen LogP contribution in [0.15, 0.2) is 66.7 Å². The molecule has 0 amide bonds. The molecule has 118 valence electrons. The Kier molecular flexibility index (Phi) is 3.39. The molecule has 0 aliphatic carbocycles. The van der Waals surface area contributed by atoms with Crippen LogP contribution in [0.1, 0.15) is 5.56 Å². The first-order valence-electron chi connectivity index (χ1n) is 7.96. The number of rotatable bonds is 2. The van der Waals surface area contributed by atoms with Gasteiger partial charge < -0.3 is 9.84 Å². The van der Waals surface area contributed by atoms with Crippen molar-refractivity contribution in [1.29, 1.82) is 0 Å². The van der Waals surface area contributed by atoms with Gasteiger partial charge in [0.05, 0.1) is 7.11 Å². The minimum absolute atomic E-state index is 0.282. The van der Waals surface area contributed by atoms with Gasteiger partial charge in [-0.3, -0.25) is 0 Å². The number of benzene rings is 4. The van der Waals surface area contributed by atoms with Crippen molar-refractivity contribution in [1.82, 2.24) is 0 Å². The van der Waals surface area contributed by atoms with E-state index in [-0.39, 0.29) is 5.75 Å². The summed E-state index contributed by atoms with van der Waals surface area (Å²) < 4.78 is 5.26. The van der Waals surface area contributed by atoms with Crippen LogP contribution in [0.3, 0.4) is 0 Å². The molecule has 2 heteroatoms. The van der Waals surface area contributed by atoms with Crippen molar-refractivity contribution in [2.45, 2.75) is 6.92 Å². The summed E-state index contributed by atoms with van der Waals surface area (Å²) in [6.45, 7) is 2.10. The van der Waals surface area contributed by atoms with E-state index in [9.17, 15) is 5.11 Å². The van der Waals surface area contributed by atoms with Gasteiger partial charge in [0.15, 0.2) is 0 Å². The molecule has 0 aliphatic heterocycles. The Hall–Kier alpha value is -3.00. The van der Waals surface area contributed by atoms with Crippen LogP contribution in [-0.2, 0) is 0 Å². The highest BCUT2D eigenvalue weighted by Gasteiger charge is 2.10. The monoisotopic (exact) mass is 314 g/mol. The summed E-state index contributed by atoms with van der Waals surface area (Å²) in [4.78, 5) is 0. The fourth-order valence-electron chi connectivity index (χ4n) is 3.26. The molecule has 0 saturated heterocycles. The average molecular weight is 314 g/mol. The molecule has 0 aromatic heterocycles. The maximum absolute atomic E-state index is 9.99. The van der Waals surface area contributed by atoms with Crippen LogP contribution in [0.25, 0.3) is 32.7 Å². The van der Waals surface area contributed by atoms with Gasteiger partial charge in [0.25, 0.3) is 0 Å². The van der Waals surface area contributed by atoms with Gasteiger partial charge in [-0.1, -0.05) is 42.0 Å². The van der Waals surface area contributed by atoms with Gasteiger partial charge in [0.1, 0.15) is 11.5 Å². The molecule has 0 spiro atoms. The standard InChI is InChI=1S/C22H18O2/c1-14-3-4-16-12-21(15-5-8-18(24-2)9-6-15)22-13-17(23)7-10-19(22)20(16)11-14/h3-13,23H,1-2H3. The fourth-order valence-corrected chi connectivity index (χ4v) is 3.26. The van der Waals surface area contributed by atoms with Crippen molar-refractivity contribution < 1.29 is 9.84 Å². The summed E-state index contributed by atoms with van der Waals surface area (Å²) in [5.74, 6) is 1.12. The van der Waals surface area contributed by atoms with Gasteiger partial charge in [-0.25, -0.2) is 0 Å².